The van der Waals surface area contributed by atoms with E-state index < -0.39 is 5.63 Å². The second-order valence-corrected chi connectivity index (χ2v) is 7.12. The van der Waals surface area contributed by atoms with Crippen LogP contribution in [-0.2, 0) is 16.0 Å². The molecule has 29 heavy (non-hydrogen) atoms. The molecule has 2 aromatic carbocycles. The predicted octanol–water partition coefficient (Wildman–Crippen LogP) is 3.18. The molecule has 4 rings (SSSR count). The summed E-state index contributed by atoms with van der Waals surface area (Å²) in [5.74, 6) is 0.734. The third-order valence-corrected chi connectivity index (χ3v) is 5.31. The normalized spacial score (nSPS) is 14.2. The highest BCUT2D eigenvalue weighted by Crippen LogP contribution is 2.29. The molecule has 0 atom stereocenters. The fourth-order valence-electron chi connectivity index (χ4n) is 3.72. The number of carbonyl (C=O) groups is 1. The summed E-state index contributed by atoms with van der Waals surface area (Å²) in [6.07, 6.45) is 0.274. The molecule has 0 bridgehead atoms. The number of aryl methyl sites for hydroxylation is 1. The molecule has 6 nitrogen and oxygen atoms in total. The molecule has 0 saturated carbocycles. The summed E-state index contributed by atoms with van der Waals surface area (Å²) in [4.78, 5) is 27.0. The van der Waals surface area contributed by atoms with E-state index in [1.165, 1.54) is 0 Å². The number of morpholine rings is 1. The zero-order chi connectivity index (χ0) is 20.4. The highest BCUT2D eigenvalue weighted by Gasteiger charge is 2.18. The third kappa shape index (κ3) is 3.89. The number of nitrogens with zero attached hydrogens (tertiary/aromatic N) is 1. The molecule has 1 amide bonds. The van der Waals surface area contributed by atoms with Crippen LogP contribution in [0.2, 0.25) is 0 Å². The minimum atomic E-state index is -0.403. The predicted molar refractivity (Wildman–Crippen MR) is 110 cm³/mol. The van der Waals surface area contributed by atoms with Gasteiger partial charge in [-0.1, -0.05) is 24.3 Å². The van der Waals surface area contributed by atoms with Gasteiger partial charge in [-0.15, -0.1) is 0 Å². The maximum absolute atomic E-state index is 12.7. The van der Waals surface area contributed by atoms with Crippen LogP contribution in [0.5, 0.6) is 5.75 Å². The first-order chi connectivity index (χ1) is 14.1. The number of fused-ring (bicyclic) bond motifs is 1. The van der Waals surface area contributed by atoms with Gasteiger partial charge in [-0.3, -0.25) is 4.79 Å². The summed E-state index contributed by atoms with van der Waals surface area (Å²) in [7, 11) is 1.59. The highest BCUT2D eigenvalue weighted by atomic mass is 16.5. The van der Waals surface area contributed by atoms with Crippen LogP contribution in [0.15, 0.2) is 51.7 Å². The van der Waals surface area contributed by atoms with Crippen LogP contribution in [0.3, 0.4) is 0 Å². The van der Waals surface area contributed by atoms with Crippen molar-refractivity contribution in [3.63, 3.8) is 0 Å². The lowest BCUT2D eigenvalue weighted by molar-refractivity contribution is -0.134. The van der Waals surface area contributed by atoms with Crippen LogP contribution in [0, 0.1) is 6.92 Å². The SMILES string of the molecule is COc1cccc(-c2c(C)c3ccc(CC(=O)N4CCOCC4)cc3oc2=O)c1. The molecule has 6 heteroatoms. The van der Waals surface area contributed by atoms with E-state index in [0.29, 0.717) is 43.2 Å². The van der Waals surface area contributed by atoms with Gasteiger partial charge in [-0.05, 0) is 41.8 Å². The van der Waals surface area contributed by atoms with E-state index in [2.05, 4.69) is 0 Å². The number of rotatable bonds is 4. The number of amides is 1. The van der Waals surface area contributed by atoms with Crippen molar-refractivity contribution in [3.8, 4) is 16.9 Å². The lowest BCUT2D eigenvalue weighted by Gasteiger charge is -2.26. The number of hydrogen-bond donors (Lipinski definition) is 0. The number of hydrogen-bond acceptors (Lipinski definition) is 5. The molecule has 1 fully saturated rings. The summed E-state index contributed by atoms with van der Waals surface area (Å²) in [6, 6.07) is 13.0. The maximum atomic E-state index is 12.7. The Morgan fingerprint density at radius 3 is 2.69 bits per heavy atom. The molecule has 1 saturated heterocycles. The van der Waals surface area contributed by atoms with Gasteiger partial charge in [0, 0.05) is 18.5 Å². The van der Waals surface area contributed by atoms with Crippen molar-refractivity contribution in [2.45, 2.75) is 13.3 Å². The molecular weight excluding hydrogens is 370 g/mol. The number of methoxy groups -OCH3 is 1. The molecule has 3 aromatic rings. The smallest absolute Gasteiger partial charge is 0.344 e. The molecule has 1 aliphatic heterocycles. The molecule has 0 unspecified atom stereocenters. The van der Waals surface area contributed by atoms with E-state index in [0.717, 1.165) is 22.1 Å². The summed E-state index contributed by atoms with van der Waals surface area (Å²) in [5, 5.41) is 0.852. The molecule has 0 N–H and O–H groups in total. The molecule has 0 aliphatic carbocycles. The van der Waals surface area contributed by atoms with Crippen molar-refractivity contribution >= 4 is 16.9 Å². The Balaban J connectivity index is 1.68. The van der Waals surface area contributed by atoms with Crippen molar-refractivity contribution in [2.75, 3.05) is 33.4 Å². The molecule has 0 spiro atoms. The standard InChI is InChI=1S/C23H23NO5/c1-15-19-7-6-16(13-21(25)24-8-10-28-11-9-24)12-20(19)29-23(26)22(15)17-4-3-5-18(14-17)27-2/h3-7,12,14H,8-11,13H2,1-2H3. The molecule has 1 aromatic heterocycles. The monoisotopic (exact) mass is 393 g/mol. The van der Waals surface area contributed by atoms with Crippen molar-refractivity contribution in [2.24, 2.45) is 0 Å². The van der Waals surface area contributed by atoms with Crippen molar-refractivity contribution in [1.29, 1.82) is 0 Å². The Hall–Kier alpha value is -3.12. The lowest BCUT2D eigenvalue weighted by Crippen LogP contribution is -2.41. The average Bonchev–Trinajstić information content (AvgIpc) is 2.74. The van der Waals surface area contributed by atoms with Gasteiger partial charge in [0.1, 0.15) is 11.3 Å². The van der Waals surface area contributed by atoms with Crippen LogP contribution >= 0.6 is 0 Å². The molecular formula is C23H23NO5. The van der Waals surface area contributed by atoms with Crippen LogP contribution in [0.1, 0.15) is 11.1 Å². The van der Waals surface area contributed by atoms with Crippen molar-refractivity contribution < 1.29 is 18.7 Å². The summed E-state index contributed by atoms with van der Waals surface area (Å²) in [5.41, 5.74) is 3.03. The lowest BCUT2D eigenvalue weighted by atomic mass is 9.98. The van der Waals surface area contributed by atoms with E-state index >= 15 is 0 Å². The van der Waals surface area contributed by atoms with Crippen LogP contribution in [0.25, 0.3) is 22.1 Å². The maximum Gasteiger partial charge on any atom is 0.344 e. The zero-order valence-electron chi connectivity index (χ0n) is 16.6. The first kappa shape index (κ1) is 19.2. The van der Waals surface area contributed by atoms with Crippen LogP contribution in [0.4, 0.5) is 0 Å². The third-order valence-electron chi connectivity index (χ3n) is 5.31. The topological polar surface area (TPSA) is 69.0 Å². The van der Waals surface area contributed by atoms with Gasteiger partial charge in [0.05, 0.1) is 32.3 Å². The summed E-state index contributed by atoms with van der Waals surface area (Å²) in [6.45, 7) is 4.29. The average molecular weight is 393 g/mol. The van der Waals surface area contributed by atoms with Gasteiger partial charge < -0.3 is 18.8 Å². The van der Waals surface area contributed by atoms with E-state index in [4.69, 9.17) is 13.9 Å². The first-order valence-electron chi connectivity index (χ1n) is 9.63. The van der Waals surface area contributed by atoms with E-state index in [1.54, 1.807) is 18.1 Å². The zero-order valence-corrected chi connectivity index (χ0v) is 16.6. The van der Waals surface area contributed by atoms with Crippen molar-refractivity contribution in [3.05, 3.63) is 64.0 Å². The second-order valence-electron chi connectivity index (χ2n) is 7.12. The van der Waals surface area contributed by atoms with E-state index in [1.807, 2.05) is 43.3 Å². The minimum Gasteiger partial charge on any atom is -0.497 e. The Labute approximate surface area is 168 Å². The molecule has 150 valence electrons. The number of benzene rings is 2. The number of ether oxygens (including phenoxy) is 2. The Morgan fingerprint density at radius 2 is 1.93 bits per heavy atom. The number of carbonyl (C=O) groups excluding carboxylic acids is 1. The summed E-state index contributed by atoms with van der Waals surface area (Å²) < 4.78 is 16.2. The van der Waals surface area contributed by atoms with Gasteiger partial charge in [0.25, 0.3) is 0 Å². The minimum absolute atomic E-state index is 0.0553. The quantitative estimate of drug-likeness (QED) is 0.637. The van der Waals surface area contributed by atoms with Crippen LogP contribution < -0.4 is 10.4 Å². The van der Waals surface area contributed by atoms with Gasteiger partial charge >= 0.3 is 5.63 Å². The largest absolute Gasteiger partial charge is 0.497 e. The summed E-state index contributed by atoms with van der Waals surface area (Å²) >= 11 is 0. The van der Waals surface area contributed by atoms with Crippen molar-refractivity contribution in [1.82, 2.24) is 4.90 Å². The Morgan fingerprint density at radius 1 is 1.14 bits per heavy atom. The second kappa shape index (κ2) is 8.09. The molecule has 0 radical (unpaired) electrons. The van der Waals surface area contributed by atoms with E-state index in [-0.39, 0.29) is 12.3 Å². The Kier molecular flexibility index (Phi) is 5.36. The van der Waals surface area contributed by atoms with E-state index in [9.17, 15) is 9.59 Å². The van der Waals surface area contributed by atoms with Gasteiger partial charge in [0.15, 0.2) is 0 Å². The molecule has 2 heterocycles. The highest BCUT2D eigenvalue weighted by molar-refractivity contribution is 5.88. The first-order valence-corrected chi connectivity index (χ1v) is 9.63. The van der Waals surface area contributed by atoms with Gasteiger partial charge in [-0.25, -0.2) is 4.79 Å². The van der Waals surface area contributed by atoms with Crippen LogP contribution in [-0.4, -0.2) is 44.2 Å². The Bertz CT molecular complexity index is 1110. The fraction of sp³-hybridized carbons (Fsp3) is 0.304. The van der Waals surface area contributed by atoms with Gasteiger partial charge in [-0.2, -0.15) is 0 Å². The fourth-order valence-corrected chi connectivity index (χ4v) is 3.72. The van der Waals surface area contributed by atoms with Gasteiger partial charge in [0.2, 0.25) is 5.91 Å². The molecule has 1 aliphatic rings.